The van der Waals surface area contributed by atoms with Crippen LogP contribution in [0.15, 0.2) is 52.5 Å². The molecule has 0 radical (unpaired) electrons. The average Bonchev–Trinajstić information content (AvgIpc) is 3.23. The van der Waals surface area contributed by atoms with Gasteiger partial charge in [-0.2, -0.15) is 0 Å². The van der Waals surface area contributed by atoms with Gasteiger partial charge in [-0.25, -0.2) is 0 Å². The lowest BCUT2D eigenvalue weighted by Crippen LogP contribution is -2.51. The Labute approximate surface area is 173 Å². The molecular formula is C26H32O3. The summed E-state index contributed by atoms with van der Waals surface area (Å²) in [7, 11) is 0. The summed E-state index contributed by atoms with van der Waals surface area (Å²) in [6.07, 6.45) is 11.3. The van der Waals surface area contributed by atoms with Crippen LogP contribution in [-0.2, 0) is 4.79 Å². The fourth-order valence-corrected chi connectivity index (χ4v) is 7.08. The third-order valence-electron chi connectivity index (χ3n) is 9.01. The molecule has 0 bridgehead atoms. The van der Waals surface area contributed by atoms with Crippen molar-refractivity contribution in [3.8, 4) is 0 Å². The Morgan fingerprint density at radius 1 is 1.28 bits per heavy atom. The number of allylic oxidation sites excluding steroid dienone is 4. The maximum atomic E-state index is 12.3. The maximum Gasteiger partial charge on any atom is 0.137 e. The lowest BCUT2D eigenvalue weighted by molar-refractivity contribution is -0.120. The smallest absolute Gasteiger partial charge is 0.137 e. The van der Waals surface area contributed by atoms with Crippen molar-refractivity contribution in [2.75, 3.05) is 0 Å². The van der Waals surface area contributed by atoms with Crippen molar-refractivity contribution in [2.45, 2.75) is 70.8 Å². The molecule has 0 spiro atoms. The van der Waals surface area contributed by atoms with Crippen LogP contribution in [0.4, 0.5) is 0 Å². The average molecular weight is 393 g/mol. The fourth-order valence-electron chi connectivity index (χ4n) is 7.08. The zero-order chi connectivity index (χ0) is 20.6. The molecule has 1 aromatic rings. The number of carbonyl (C=O) groups is 1. The third-order valence-corrected chi connectivity index (χ3v) is 9.01. The molecule has 0 saturated heterocycles. The van der Waals surface area contributed by atoms with Gasteiger partial charge in [0.15, 0.2) is 0 Å². The van der Waals surface area contributed by atoms with Crippen LogP contribution in [0, 0.1) is 29.6 Å². The van der Waals surface area contributed by atoms with Gasteiger partial charge in [0.05, 0.1) is 5.60 Å². The molecule has 3 nitrogen and oxygen atoms in total. The normalized spacial score (nSPS) is 43.7. The summed E-state index contributed by atoms with van der Waals surface area (Å²) in [4.78, 5) is 12.3. The van der Waals surface area contributed by atoms with Crippen LogP contribution >= 0.6 is 0 Å². The second-order valence-corrected chi connectivity index (χ2v) is 10.3. The number of furan rings is 1. The van der Waals surface area contributed by atoms with Gasteiger partial charge >= 0.3 is 0 Å². The van der Waals surface area contributed by atoms with Crippen molar-refractivity contribution in [2.24, 2.45) is 22.7 Å². The van der Waals surface area contributed by atoms with Gasteiger partial charge in [0.2, 0.25) is 0 Å². The van der Waals surface area contributed by atoms with E-state index in [-0.39, 0.29) is 16.7 Å². The highest BCUT2D eigenvalue weighted by atomic mass is 16.3. The first kappa shape index (κ1) is 19.1. The number of carbonyl (C=O) groups excluding carboxylic acids is 1. The van der Waals surface area contributed by atoms with Crippen molar-refractivity contribution in [3.63, 3.8) is 0 Å². The number of hydrogen-bond acceptors (Lipinski definition) is 3. The van der Waals surface area contributed by atoms with Crippen molar-refractivity contribution in [1.82, 2.24) is 0 Å². The Bertz CT molecular complexity index is 949. The number of fused-ring (bicyclic) bond motifs is 5. The van der Waals surface area contributed by atoms with Gasteiger partial charge in [0, 0.05) is 29.6 Å². The van der Waals surface area contributed by atoms with E-state index in [1.54, 1.807) is 6.08 Å². The van der Waals surface area contributed by atoms with Gasteiger partial charge < -0.3 is 9.52 Å². The van der Waals surface area contributed by atoms with Crippen molar-refractivity contribution >= 4 is 5.78 Å². The van der Waals surface area contributed by atoms with Crippen molar-refractivity contribution in [1.29, 1.82) is 0 Å². The predicted molar refractivity (Wildman–Crippen MR) is 113 cm³/mol. The minimum atomic E-state index is -0.823. The van der Waals surface area contributed by atoms with Crippen molar-refractivity contribution < 1.29 is 14.3 Å². The SMILES string of the molecule is C=C[C@]1(O)CCC2C3C(=CC[C@@]21C)[C@@]1(C)CCC(=O)CC1=CC3c1ccc(C)o1. The molecule has 5 rings (SSSR count). The molecule has 2 saturated carbocycles. The molecular weight excluding hydrogens is 360 g/mol. The van der Waals surface area contributed by atoms with E-state index in [0.29, 0.717) is 30.5 Å². The minimum absolute atomic E-state index is 0.0348. The van der Waals surface area contributed by atoms with E-state index in [1.165, 1.54) is 11.1 Å². The molecule has 0 amide bonds. The molecule has 154 valence electrons. The zero-order valence-electron chi connectivity index (χ0n) is 17.8. The fraction of sp³-hybridized carbons (Fsp3) is 0.577. The second kappa shape index (κ2) is 6.07. The standard InChI is InChI=1S/C26H32O3/c1-5-26(28)13-10-21-23-19(22-7-6-16(2)29-22)15-17-14-18(27)8-11-24(17,3)20(23)9-12-25(21,26)4/h5-7,9,15,19,21,23,28H,1,8,10-14H2,2-4H3/t19?,21?,23?,24-,25-,26-/m0/s1. The number of hydrogen-bond donors (Lipinski definition) is 1. The first-order chi connectivity index (χ1) is 13.7. The topological polar surface area (TPSA) is 50.4 Å². The molecule has 1 N–H and O–H groups in total. The number of rotatable bonds is 2. The molecule has 1 aromatic heterocycles. The lowest BCUT2D eigenvalue weighted by atomic mass is 9.49. The number of aryl methyl sites for hydroxylation is 1. The van der Waals surface area contributed by atoms with Gasteiger partial charge in [-0.1, -0.05) is 43.2 Å². The second-order valence-electron chi connectivity index (χ2n) is 10.3. The van der Waals surface area contributed by atoms with E-state index < -0.39 is 5.60 Å². The zero-order valence-corrected chi connectivity index (χ0v) is 17.8. The summed E-state index contributed by atoms with van der Waals surface area (Å²) in [5, 5.41) is 11.4. The van der Waals surface area contributed by atoms with E-state index in [0.717, 1.165) is 37.2 Å². The van der Waals surface area contributed by atoms with Crippen LogP contribution in [0.25, 0.3) is 0 Å². The van der Waals surface area contributed by atoms with Crippen LogP contribution in [0.1, 0.15) is 69.8 Å². The van der Waals surface area contributed by atoms with E-state index >= 15 is 0 Å². The molecule has 1 heterocycles. The van der Waals surface area contributed by atoms with E-state index in [4.69, 9.17) is 4.42 Å². The molecule has 6 atom stereocenters. The van der Waals surface area contributed by atoms with Gasteiger partial charge in [-0.15, -0.1) is 6.58 Å². The maximum absolute atomic E-state index is 12.3. The first-order valence-corrected chi connectivity index (χ1v) is 11.1. The van der Waals surface area contributed by atoms with Gasteiger partial charge in [-0.3, -0.25) is 4.79 Å². The molecule has 0 aliphatic heterocycles. The molecule has 2 fully saturated rings. The monoisotopic (exact) mass is 392 g/mol. The van der Waals surface area contributed by atoms with Crippen molar-refractivity contribution in [3.05, 3.63) is 59.6 Å². The predicted octanol–water partition coefficient (Wildman–Crippen LogP) is 5.65. The Kier molecular flexibility index (Phi) is 4.00. The number of Topliss-reactive ketones (excluding diaryl/α,β-unsaturated/α-hetero) is 1. The largest absolute Gasteiger partial charge is 0.466 e. The molecule has 4 aliphatic carbocycles. The summed E-state index contributed by atoms with van der Waals surface area (Å²) in [5.41, 5.74) is 1.69. The quantitative estimate of drug-likeness (QED) is 0.662. The number of aliphatic hydroxyl groups is 1. The Morgan fingerprint density at radius 3 is 2.76 bits per heavy atom. The highest BCUT2D eigenvalue weighted by Crippen LogP contribution is 2.67. The van der Waals surface area contributed by atoms with E-state index in [1.807, 2.05) is 13.0 Å². The lowest BCUT2D eigenvalue weighted by Gasteiger charge is -2.55. The Hall–Kier alpha value is -1.87. The molecule has 4 aliphatic rings. The Morgan fingerprint density at radius 2 is 2.07 bits per heavy atom. The van der Waals surface area contributed by atoms with Crippen LogP contribution in [-0.4, -0.2) is 16.5 Å². The summed E-state index contributed by atoms with van der Waals surface area (Å²) < 4.78 is 6.13. The summed E-state index contributed by atoms with van der Waals surface area (Å²) >= 11 is 0. The molecule has 3 unspecified atom stereocenters. The first-order valence-electron chi connectivity index (χ1n) is 11.1. The van der Waals surface area contributed by atoms with Crippen LogP contribution in [0.5, 0.6) is 0 Å². The van der Waals surface area contributed by atoms with Crippen LogP contribution < -0.4 is 0 Å². The van der Waals surface area contributed by atoms with E-state index in [9.17, 15) is 9.90 Å². The minimum Gasteiger partial charge on any atom is -0.466 e. The molecule has 29 heavy (non-hydrogen) atoms. The Balaban J connectivity index is 1.69. The summed E-state index contributed by atoms with van der Waals surface area (Å²) in [6, 6.07) is 4.14. The highest BCUT2D eigenvalue weighted by Gasteiger charge is 2.62. The summed E-state index contributed by atoms with van der Waals surface area (Å²) in [6.45, 7) is 10.6. The van der Waals surface area contributed by atoms with Gasteiger partial charge in [0.25, 0.3) is 0 Å². The number of ketones is 1. The van der Waals surface area contributed by atoms with Crippen LogP contribution in [0.3, 0.4) is 0 Å². The van der Waals surface area contributed by atoms with Crippen LogP contribution in [0.2, 0.25) is 0 Å². The molecule has 3 heteroatoms. The summed E-state index contributed by atoms with van der Waals surface area (Å²) in [5.74, 6) is 3.06. The highest BCUT2D eigenvalue weighted by molar-refractivity contribution is 5.83. The third kappa shape index (κ3) is 2.43. The molecule has 0 aromatic carbocycles. The van der Waals surface area contributed by atoms with Gasteiger partial charge in [0.1, 0.15) is 17.3 Å². The van der Waals surface area contributed by atoms with E-state index in [2.05, 4.69) is 38.6 Å². The van der Waals surface area contributed by atoms with Gasteiger partial charge in [-0.05, 0) is 56.6 Å².